The van der Waals surface area contributed by atoms with E-state index in [1.54, 1.807) is 7.05 Å². The van der Waals surface area contributed by atoms with E-state index in [1.807, 2.05) is 0 Å². The topological polar surface area (TPSA) is 67.2 Å². The van der Waals surface area contributed by atoms with E-state index >= 15 is 0 Å². The fourth-order valence-electron chi connectivity index (χ4n) is 3.25. The second kappa shape index (κ2) is 5.26. The zero-order chi connectivity index (χ0) is 15.1. The van der Waals surface area contributed by atoms with Crippen molar-refractivity contribution in [3.63, 3.8) is 0 Å². The lowest BCUT2D eigenvalue weighted by atomic mass is 10.0. The number of carbonyl (C=O) groups excluding carboxylic acids is 2. The average Bonchev–Trinajstić information content (AvgIpc) is 2.85. The van der Waals surface area contributed by atoms with E-state index in [9.17, 15) is 9.59 Å². The van der Waals surface area contributed by atoms with Crippen molar-refractivity contribution in [3.05, 3.63) is 17.2 Å². The van der Waals surface area contributed by atoms with Gasteiger partial charge in [-0.25, -0.2) is 4.98 Å². The van der Waals surface area contributed by atoms with Crippen molar-refractivity contribution in [3.8, 4) is 0 Å². The van der Waals surface area contributed by atoms with Gasteiger partial charge in [0.05, 0.1) is 5.69 Å². The fraction of sp³-hybridized carbons (Fsp3) is 0.667. The summed E-state index contributed by atoms with van der Waals surface area (Å²) in [6, 6.07) is -0.278. The van der Waals surface area contributed by atoms with E-state index in [2.05, 4.69) is 23.7 Å². The Hall–Kier alpha value is -1.69. The number of likely N-dealkylation sites (N-methyl/N-ethyl adjacent to an activating group) is 1. The van der Waals surface area contributed by atoms with Crippen molar-refractivity contribution in [1.29, 1.82) is 0 Å². The van der Waals surface area contributed by atoms with Crippen LogP contribution in [0.15, 0.2) is 0 Å². The van der Waals surface area contributed by atoms with Gasteiger partial charge in [-0.05, 0) is 6.42 Å². The molecule has 114 valence electrons. The highest BCUT2D eigenvalue weighted by molar-refractivity contribution is 5.99. The van der Waals surface area contributed by atoms with E-state index < -0.39 is 0 Å². The molecule has 3 heterocycles. The summed E-state index contributed by atoms with van der Waals surface area (Å²) >= 11 is 0. The van der Waals surface area contributed by atoms with Gasteiger partial charge in [0.15, 0.2) is 0 Å². The smallest absolute Gasteiger partial charge is 0.252 e. The van der Waals surface area contributed by atoms with Crippen LogP contribution in [0.2, 0.25) is 0 Å². The average molecular weight is 290 g/mol. The van der Waals surface area contributed by atoms with Crippen LogP contribution in [0.25, 0.3) is 0 Å². The van der Waals surface area contributed by atoms with E-state index in [-0.39, 0.29) is 23.8 Å². The van der Waals surface area contributed by atoms with Gasteiger partial charge in [-0.15, -0.1) is 0 Å². The first kappa shape index (κ1) is 14.3. The molecule has 3 rings (SSSR count). The molecule has 1 saturated heterocycles. The lowest BCUT2D eigenvalue weighted by molar-refractivity contribution is -0.149. The zero-order valence-corrected chi connectivity index (χ0v) is 12.8. The monoisotopic (exact) mass is 290 g/mol. The molecule has 0 saturated carbocycles. The molecule has 0 spiro atoms. The molecule has 6 heteroatoms. The second-order valence-electron chi connectivity index (χ2n) is 6.16. The van der Waals surface area contributed by atoms with Gasteiger partial charge >= 0.3 is 0 Å². The minimum absolute atomic E-state index is 0.0852. The molecule has 1 atom stereocenters. The highest BCUT2D eigenvalue weighted by atomic mass is 16.2. The molecule has 21 heavy (non-hydrogen) atoms. The van der Waals surface area contributed by atoms with Crippen LogP contribution < -0.4 is 5.32 Å². The van der Waals surface area contributed by atoms with Gasteiger partial charge in [-0.1, -0.05) is 13.8 Å². The Balaban J connectivity index is 2.06. The van der Waals surface area contributed by atoms with Crippen LogP contribution in [-0.4, -0.2) is 39.9 Å². The van der Waals surface area contributed by atoms with Crippen molar-refractivity contribution in [2.24, 2.45) is 0 Å². The van der Waals surface area contributed by atoms with Crippen LogP contribution in [0.1, 0.15) is 55.9 Å². The molecule has 1 unspecified atom stereocenters. The fourth-order valence-corrected chi connectivity index (χ4v) is 3.25. The van der Waals surface area contributed by atoms with Gasteiger partial charge in [0.2, 0.25) is 5.91 Å². The van der Waals surface area contributed by atoms with Gasteiger partial charge in [-0.2, -0.15) is 0 Å². The number of aromatic nitrogens is 2. The van der Waals surface area contributed by atoms with E-state index in [1.165, 1.54) is 10.6 Å². The van der Waals surface area contributed by atoms with Gasteiger partial charge in [0, 0.05) is 44.6 Å². The van der Waals surface area contributed by atoms with Crippen molar-refractivity contribution >= 4 is 11.8 Å². The summed E-state index contributed by atoms with van der Waals surface area (Å²) in [4.78, 5) is 30.3. The standard InChI is InChI=1S/C15H22N4O2/c1-9(2)14-17-10-8-16-7-6-11(10)19(14)12-4-5-13(20)18(3)15(12)21/h9,12,16H,4-8H2,1-3H3. The quantitative estimate of drug-likeness (QED) is 0.824. The molecule has 0 aromatic carbocycles. The van der Waals surface area contributed by atoms with Crippen LogP contribution in [0.4, 0.5) is 0 Å². The van der Waals surface area contributed by atoms with Gasteiger partial charge in [0.1, 0.15) is 11.9 Å². The maximum absolute atomic E-state index is 12.5. The Kier molecular flexibility index (Phi) is 3.57. The Labute approximate surface area is 124 Å². The maximum Gasteiger partial charge on any atom is 0.252 e. The summed E-state index contributed by atoms with van der Waals surface area (Å²) in [5.41, 5.74) is 2.22. The minimum Gasteiger partial charge on any atom is -0.319 e. The molecule has 1 aromatic heterocycles. The molecular weight excluding hydrogens is 268 g/mol. The van der Waals surface area contributed by atoms with Crippen molar-refractivity contribution in [2.75, 3.05) is 13.6 Å². The summed E-state index contributed by atoms with van der Waals surface area (Å²) in [5, 5.41) is 3.33. The highest BCUT2D eigenvalue weighted by Crippen LogP contribution is 2.31. The number of nitrogens with one attached hydrogen (secondary N) is 1. The second-order valence-corrected chi connectivity index (χ2v) is 6.16. The number of fused-ring (bicyclic) bond motifs is 1. The predicted molar refractivity (Wildman–Crippen MR) is 77.8 cm³/mol. The summed E-state index contributed by atoms with van der Waals surface area (Å²) in [5.74, 6) is 1.03. The third-order valence-electron chi connectivity index (χ3n) is 4.40. The lowest BCUT2D eigenvalue weighted by Gasteiger charge is -2.31. The largest absolute Gasteiger partial charge is 0.319 e. The number of nitrogens with zero attached hydrogens (tertiary/aromatic N) is 3. The van der Waals surface area contributed by atoms with Crippen molar-refractivity contribution in [1.82, 2.24) is 19.8 Å². The molecule has 6 nitrogen and oxygen atoms in total. The molecule has 1 N–H and O–H groups in total. The number of hydrogen-bond acceptors (Lipinski definition) is 4. The van der Waals surface area contributed by atoms with E-state index in [0.717, 1.165) is 31.0 Å². The summed E-state index contributed by atoms with van der Waals surface area (Å²) in [6.45, 7) is 5.86. The molecule has 2 aliphatic rings. The van der Waals surface area contributed by atoms with Crippen LogP contribution in [0.3, 0.4) is 0 Å². The first-order valence-electron chi connectivity index (χ1n) is 7.61. The van der Waals surface area contributed by atoms with Crippen molar-refractivity contribution < 1.29 is 9.59 Å². The first-order chi connectivity index (χ1) is 10.0. The number of imidazole rings is 1. The number of hydrogen-bond donors (Lipinski definition) is 1. The number of piperidine rings is 1. The zero-order valence-electron chi connectivity index (χ0n) is 12.8. The SMILES string of the molecule is CC(C)c1nc2c(n1C1CCC(=O)N(C)C1=O)CCNC2. The van der Waals surface area contributed by atoms with Crippen LogP contribution in [0, 0.1) is 0 Å². The molecule has 2 amide bonds. The summed E-state index contributed by atoms with van der Waals surface area (Å²) < 4.78 is 2.12. The third-order valence-corrected chi connectivity index (χ3v) is 4.40. The molecule has 0 radical (unpaired) electrons. The molecule has 0 bridgehead atoms. The van der Waals surface area contributed by atoms with Gasteiger partial charge in [-0.3, -0.25) is 14.5 Å². The number of rotatable bonds is 2. The molecule has 1 fully saturated rings. The van der Waals surface area contributed by atoms with E-state index in [4.69, 9.17) is 4.98 Å². The Morgan fingerprint density at radius 3 is 2.76 bits per heavy atom. The van der Waals surface area contributed by atoms with Gasteiger partial charge < -0.3 is 9.88 Å². The lowest BCUT2D eigenvalue weighted by Crippen LogP contribution is -2.44. The predicted octanol–water partition coefficient (Wildman–Crippen LogP) is 0.972. The first-order valence-corrected chi connectivity index (χ1v) is 7.61. The summed E-state index contributed by atoms with van der Waals surface area (Å²) in [6.07, 6.45) is 1.89. The molecular formula is C15H22N4O2. The molecule has 2 aliphatic heterocycles. The van der Waals surface area contributed by atoms with Crippen molar-refractivity contribution in [2.45, 2.75) is 51.6 Å². The summed E-state index contributed by atoms with van der Waals surface area (Å²) in [7, 11) is 1.58. The third kappa shape index (κ3) is 2.27. The Morgan fingerprint density at radius 2 is 2.05 bits per heavy atom. The number of amides is 2. The minimum atomic E-state index is -0.278. The van der Waals surface area contributed by atoms with Crippen LogP contribution in [0.5, 0.6) is 0 Å². The Bertz CT molecular complexity index is 591. The number of carbonyl (C=O) groups is 2. The van der Waals surface area contributed by atoms with E-state index in [0.29, 0.717) is 12.8 Å². The van der Waals surface area contributed by atoms with Gasteiger partial charge in [0.25, 0.3) is 5.91 Å². The highest BCUT2D eigenvalue weighted by Gasteiger charge is 2.36. The van der Waals surface area contributed by atoms with Crippen LogP contribution >= 0.6 is 0 Å². The Morgan fingerprint density at radius 1 is 1.29 bits per heavy atom. The molecule has 0 aliphatic carbocycles. The number of imide groups is 1. The van der Waals surface area contributed by atoms with Crippen LogP contribution in [-0.2, 0) is 22.6 Å². The maximum atomic E-state index is 12.5. The number of likely N-dealkylation sites (tertiary alicyclic amines) is 1. The normalized spacial score (nSPS) is 22.9. The molecule has 1 aromatic rings.